The van der Waals surface area contributed by atoms with Crippen molar-refractivity contribution in [1.82, 2.24) is 9.97 Å². The molecule has 2 aromatic heterocycles. The first-order valence-electron chi connectivity index (χ1n) is 8.27. The third-order valence-electron chi connectivity index (χ3n) is 5.40. The number of carbonyl (C=O) groups is 1. The fraction of sp³-hybridized carbons (Fsp3) is 0.588. The number of amides is 1. The molecule has 6 nitrogen and oxygen atoms in total. The minimum absolute atomic E-state index is 0.0432. The molecule has 0 atom stereocenters. The molecular weight excluding hydrogens is 292 g/mol. The van der Waals surface area contributed by atoms with Gasteiger partial charge < -0.3 is 15.5 Å². The molecule has 1 amide bonds. The summed E-state index contributed by atoms with van der Waals surface area (Å²) < 4.78 is 5.75. The molecule has 2 heterocycles. The molecule has 0 saturated heterocycles. The first-order chi connectivity index (χ1) is 10.9. The maximum Gasteiger partial charge on any atom is 0.253 e. The lowest BCUT2D eigenvalue weighted by Crippen LogP contribution is -2.21. The molecule has 0 aromatic carbocycles. The number of rotatable bonds is 5. The van der Waals surface area contributed by atoms with Gasteiger partial charge in [0, 0.05) is 11.0 Å². The van der Waals surface area contributed by atoms with E-state index in [1.807, 2.05) is 0 Å². The average Bonchev–Trinajstić information content (AvgIpc) is 3.38. The minimum Gasteiger partial charge on any atom is -0.442 e. The first kappa shape index (κ1) is 14.5. The Hall–Kier alpha value is -2.11. The van der Waals surface area contributed by atoms with Crippen molar-refractivity contribution >= 4 is 22.8 Å². The Bertz CT molecular complexity index is 816. The molecule has 0 radical (unpaired) electrons. The van der Waals surface area contributed by atoms with Crippen LogP contribution in [-0.2, 0) is 5.41 Å². The molecule has 0 unspecified atom stereocenters. The van der Waals surface area contributed by atoms with Crippen molar-refractivity contribution < 1.29 is 9.21 Å². The highest BCUT2D eigenvalue weighted by Gasteiger charge is 2.46. The Morgan fingerprint density at radius 3 is 2.52 bits per heavy atom. The summed E-state index contributed by atoms with van der Waals surface area (Å²) in [7, 11) is 0. The molecule has 4 rings (SSSR count). The summed E-state index contributed by atoms with van der Waals surface area (Å²) in [6, 6.07) is 0. The van der Waals surface area contributed by atoms with E-state index < -0.39 is 5.91 Å². The zero-order chi connectivity index (χ0) is 16.4. The zero-order valence-corrected chi connectivity index (χ0v) is 13.8. The van der Waals surface area contributed by atoms with Crippen LogP contribution >= 0.6 is 0 Å². The van der Waals surface area contributed by atoms with Crippen molar-refractivity contribution in [3.63, 3.8) is 0 Å². The van der Waals surface area contributed by atoms with Gasteiger partial charge in [-0.05, 0) is 46.0 Å². The van der Waals surface area contributed by atoms with E-state index in [1.165, 1.54) is 0 Å². The Morgan fingerprint density at radius 2 is 2.00 bits per heavy atom. The number of aromatic nitrogens is 2. The molecule has 0 bridgehead atoms. The molecule has 2 fully saturated rings. The van der Waals surface area contributed by atoms with Crippen molar-refractivity contribution in [1.29, 1.82) is 0 Å². The number of aryl methyl sites for hydroxylation is 1. The molecule has 122 valence electrons. The number of hydrogen-bond acceptors (Lipinski definition) is 5. The van der Waals surface area contributed by atoms with Crippen molar-refractivity contribution in [3.8, 4) is 0 Å². The molecule has 2 aliphatic carbocycles. The van der Waals surface area contributed by atoms with Gasteiger partial charge >= 0.3 is 0 Å². The summed E-state index contributed by atoms with van der Waals surface area (Å²) in [6.45, 7) is 6.07. The molecule has 2 saturated carbocycles. The average molecular weight is 314 g/mol. The van der Waals surface area contributed by atoms with Crippen molar-refractivity contribution in [2.24, 2.45) is 5.73 Å². The van der Waals surface area contributed by atoms with Crippen LogP contribution in [0.25, 0.3) is 11.1 Å². The van der Waals surface area contributed by atoms with Gasteiger partial charge in [-0.2, -0.15) is 4.98 Å². The normalized spacial score (nSPS) is 20.5. The number of fused-ring (bicyclic) bond motifs is 1. The number of furan rings is 1. The van der Waals surface area contributed by atoms with Gasteiger partial charge in [0.2, 0.25) is 5.71 Å². The minimum atomic E-state index is -0.502. The molecule has 6 heteroatoms. The maximum atomic E-state index is 11.9. The monoisotopic (exact) mass is 314 g/mol. The highest BCUT2D eigenvalue weighted by Crippen LogP contribution is 2.50. The van der Waals surface area contributed by atoms with Crippen LogP contribution in [0.2, 0.25) is 0 Å². The molecule has 3 N–H and O–H groups in total. The maximum absolute atomic E-state index is 11.9. The van der Waals surface area contributed by atoms with E-state index in [2.05, 4.69) is 24.1 Å². The Morgan fingerprint density at radius 1 is 1.30 bits per heavy atom. The topological polar surface area (TPSA) is 94.0 Å². The molecule has 0 aliphatic heterocycles. The molecule has 2 aromatic rings. The van der Waals surface area contributed by atoms with Gasteiger partial charge in [-0.15, -0.1) is 0 Å². The lowest BCUT2D eigenvalue weighted by atomic mass is 10.0. The van der Waals surface area contributed by atoms with Crippen LogP contribution < -0.4 is 11.1 Å². The quantitative estimate of drug-likeness (QED) is 0.884. The summed E-state index contributed by atoms with van der Waals surface area (Å²) >= 11 is 0. The zero-order valence-electron chi connectivity index (χ0n) is 13.8. The van der Waals surface area contributed by atoms with E-state index in [0.29, 0.717) is 28.2 Å². The summed E-state index contributed by atoms with van der Waals surface area (Å²) in [5.74, 6) is 1.52. The first-order valence-corrected chi connectivity index (χ1v) is 8.27. The third-order valence-corrected chi connectivity index (χ3v) is 5.40. The molecule has 23 heavy (non-hydrogen) atoms. The number of nitrogens with zero attached hydrogens (tertiary/aromatic N) is 2. The largest absolute Gasteiger partial charge is 0.442 e. The van der Waals surface area contributed by atoms with E-state index in [0.717, 1.165) is 37.9 Å². The standard InChI is InChI=1S/C17H22N4O2/c1-4-17(7-8-17)15-19-13(21-16(3)5-6-16)11-10(12(18)22)9(2)23-14(11)20-15/h4-8H2,1-3H3,(H2,18,22)(H,19,20,21). The van der Waals surface area contributed by atoms with Gasteiger partial charge in [-0.1, -0.05) is 6.92 Å². The van der Waals surface area contributed by atoms with E-state index >= 15 is 0 Å². The SMILES string of the molecule is CCC1(c2nc(NC3(C)CC3)c3c(C(N)=O)c(C)oc3n2)CC1. The Balaban J connectivity index is 1.94. The van der Waals surface area contributed by atoms with Gasteiger partial charge in [0.1, 0.15) is 17.4 Å². The van der Waals surface area contributed by atoms with Gasteiger partial charge in [-0.25, -0.2) is 4.98 Å². The summed E-state index contributed by atoms with van der Waals surface area (Å²) in [5.41, 5.74) is 6.52. The highest BCUT2D eigenvalue weighted by atomic mass is 16.3. The van der Waals surface area contributed by atoms with E-state index in [1.54, 1.807) is 6.92 Å². The van der Waals surface area contributed by atoms with Crippen LogP contribution in [-0.4, -0.2) is 21.4 Å². The van der Waals surface area contributed by atoms with Crippen LogP contribution in [0.1, 0.15) is 67.9 Å². The third kappa shape index (κ3) is 2.19. The predicted octanol–water partition coefficient (Wildman–Crippen LogP) is 3.04. The van der Waals surface area contributed by atoms with Crippen molar-refractivity contribution in [2.75, 3.05) is 5.32 Å². The van der Waals surface area contributed by atoms with Gasteiger partial charge in [0.25, 0.3) is 5.91 Å². The lowest BCUT2D eigenvalue weighted by Gasteiger charge is -2.17. The van der Waals surface area contributed by atoms with Crippen LogP contribution in [0.3, 0.4) is 0 Å². The second-order valence-corrected chi connectivity index (χ2v) is 7.29. The molecule has 0 spiro atoms. The lowest BCUT2D eigenvalue weighted by molar-refractivity contribution is 0.1000. The second kappa shape index (κ2) is 4.46. The second-order valence-electron chi connectivity index (χ2n) is 7.29. The van der Waals surface area contributed by atoms with E-state index in [9.17, 15) is 4.79 Å². The molecular formula is C17H22N4O2. The summed E-state index contributed by atoms with van der Waals surface area (Å²) in [4.78, 5) is 21.3. The Labute approximate surface area is 134 Å². The fourth-order valence-corrected chi connectivity index (χ4v) is 3.22. The van der Waals surface area contributed by atoms with Crippen LogP contribution in [0.5, 0.6) is 0 Å². The number of hydrogen-bond donors (Lipinski definition) is 2. The number of nitrogens with one attached hydrogen (secondary N) is 1. The van der Waals surface area contributed by atoms with Crippen LogP contribution in [0, 0.1) is 6.92 Å². The van der Waals surface area contributed by atoms with E-state index in [-0.39, 0.29) is 11.0 Å². The smallest absolute Gasteiger partial charge is 0.253 e. The number of carbonyl (C=O) groups excluding carboxylic acids is 1. The van der Waals surface area contributed by atoms with Crippen LogP contribution in [0.4, 0.5) is 5.82 Å². The highest BCUT2D eigenvalue weighted by molar-refractivity contribution is 6.09. The van der Waals surface area contributed by atoms with Gasteiger partial charge in [0.05, 0.1) is 10.9 Å². The van der Waals surface area contributed by atoms with Crippen LogP contribution in [0.15, 0.2) is 4.42 Å². The summed E-state index contributed by atoms with van der Waals surface area (Å²) in [5, 5.41) is 4.11. The number of nitrogens with two attached hydrogens (primary N) is 1. The number of primary amides is 1. The predicted molar refractivity (Wildman–Crippen MR) is 87.5 cm³/mol. The van der Waals surface area contributed by atoms with Gasteiger partial charge in [0.15, 0.2) is 0 Å². The van der Waals surface area contributed by atoms with E-state index in [4.69, 9.17) is 15.1 Å². The fourth-order valence-electron chi connectivity index (χ4n) is 3.22. The van der Waals surface area contributed by atoms with Crippen molar-refractivity contribution in [2.45, 2.75) is 63.8 Å². The Kier molecular flexibility index (Phi) is 2.81. The van der Waals surface area contributed by atoms with Crippen molar-refractivity contribution in [3.05, 3.63) is 17.1 Å². The number of anilines is 1. The summed E-state index contributed by atoms with van der Waals surface area (Å²) in [6.07, 6.45) is 5.41. The van der Waals surface area contributed by atoms with Gasteiger partial charge in [-0.3, -0.25) is 4.79 Å². The molecule has 2 aliphatic rings.